The van der Waals surface area contributed by atoms with Crippen LogP contribution in [0, 0.1) is 0 Å². The van der Waals surface area contributed by atoms with Crippen LogP contribution in [0.4, 0.5) is 5.82 Å². The highest BCUT2D eigenvalue weighted by Gasteiger charge is 2.37. The van der Waals surface area contributed by atoms with Gasteiger partial charge in [-0.3, -0.25) is 4.79 Å². The number of nitrogens with one attached hydrogen (secondary N) is 1. The van der Waals surface area contributed by atoms with Gasteiger partial charge in [-0.1, -0.05) is 12.8 Å². The number of aromatic nitrogens is 2. The average Bonchev–Trinajstić information content (AvgIpc) is 3.31. The van der Waals surface area contributed by atoms with Crippen LogP contribution < -0.4 is 10.2 Å². The molecule has 2 heterocycles. The number of carbonyl (C=O) groups excluding carboxylic acids is 1. The van der Waals surface area contributed by atoms with Gasteiger partial charge in [-0.2, -0.15) is 0 Å². The molecule has 3 fully saturated rings. The zero-order chi connectivity index (χ0) is 13.5. The van der Waals surface area contributed by atoms with E-state index in [0.717, 1.165) is 24.5 Å². The summed E-state index contributed by atoms with van der Waals surface area (Å²) in [5.41, 5.74) is 0. The Kier molecular flexibility index (Phi) is 2.86. The molecule has 106 valence electrons. The molecule has 0 spiro atoms. The van der Waals surface area contributed by atoms with Crippen LogP contribution in [0.2, 0.25) is 0 Å². The summed E-state index contributed by atoms with van der Waals surface area (Å²) in [7, 11) is 0. The second-order valence-electron chi connectivity index (χ2n) is 6.20. The number of hydrogen-bond donors (Lipinski definition) is 1. The van der Waals surface area contributed by atoms with Crippen molar-refractivity contribution >= 4 is 11.7 Å². The molecule has 2 saturated carbocycles. The highest BCUT2D eigenvalue weighted by molar-refractivity contribution is 5.83. The van der Waals surface area contributed by atoms with Gasteiger partial charge in [0, 0.05) is 18.2 Å². The topological polar surface area (TPSA) is 58.1 Å². The molecule has 4 rings (SSSR count). The number of hydrogen-bond acceptors (Lipinski definition) is 4. The fraction of sp³-hybridized carbons (Fsp3) is 0.667. The van der Waals surface area contributed by atoms with Crippen LogP contribution in [0.25, 0.3) is 0 Å². The quantitative estimate of drug-likeness (QED) is 0.888. The van der Waals surface area contributed by atoms with Crippen molar-refractivity contribution in [1.82, 2.24) is 15.3 Å². The SMILES string of the molecule is O=C1CN(c2ccnc(C3CC3)n2)[C@@H]2CCCC[C@@H]2N1. The number of amides is 1. The van der Waals surface area contributed by atoms with Gasteiger partial charge in [0.1, 0.15) is 11.6 Å². The van der Waals surface area contributed by atoms with Crippen LogP contribution in [-0.4, -0.2) is 34.5 Å². The van der Waals surface area contributed by atoms with Crippen molar-refractivity contribution in [3.05, 3.63) is 18.1 Å². The predicted molar refractivity (Wildman–Crippen MR) is 75.5 cm³/mol. The Morgan fingerprint density at radius 3 is 2.90 bits per heavy atom. The van der Waals surface area contributed by atoms with Crippen molar-refractivity contribution in [3.63, 3.8) is 0 Å². The van der Waals surface area contributed by atoms with E-state index in [2.05, 4.69) is 15.2 Å². The minimum absolute atomic E-state index is 0.125. The van der Waals surface area contributed by atoms with Gasteiger partial charge in [-0.05, 0) is 31.7 Å². The first-order valence-corrected chi connectivity index (χ1v) is 7.70. The van der Waals surface area contributed by atoms with Crippen LogP contribution in [-0.2, 0) is 4.79 Å². The molecule has 3 aliphatic rings. The van der Waals surface area contributed by atoms with Crippen molar-refractivity contribution in [1.29, 1.82) is 0 Å². The maximum absolute atomic E-state index is 11.9. The third kappa shape index (κ3) is 2.15. The smallest absolute Gasteiger partial charge is 0.239 e. The number of piperazine rings is 1. The van der Waals surface area contributed by atoms with Gasteiger partial charge in [0.25, 0.3) is 0 Å². The lowest BCUT2D eigenvalue weighted by atomic mass is 9.87. The van der Waals surface area contributed by atoms with E-state index in [0.29, 0.717) is 24.5 Å². The number of fused-ring (bicyclic) bond motifs is 1. The summed E-state index contributed by atoms with van der Waals surface area (Å²) in [6, 6.07) is 2.66. The second-order valence-corrected chi connectivity index (χ2v) is 6.20. The molecule has 2 atom stereocenters. The number of anilines is 1. The predicted octanol–water partition coefficient (Wildman–Crippen LogP) is 1.60. The minimum atomic E-state index is 0.125. The fourth-order valence-electron chi connectivity index (χ4n) is 3.49. The summed E-state index contributed by atoms with van der Waals surface area (Å²) in [6.45, 7) is 0.433. The number of nitrogens with zero attached hydrogens (tertiary/aromatic N) is 3. The van der Waals surface area contributed by atoms with E-state index in [1.54, 1.807) is 0 Å². The molecule has 1 amide bonds. The van der Waals surface area contributed by atoms with E-state index in [1.165, 1.54) is 25.7 Å². The molecular formula is C15H20N4O. The van der Waals surface area contributed by atoms with Gasteiger partial charge in [-0.25, -0.2) is 9.97 Å². The van der Waals surface area contributed by atoms with E-state index >= 15 is 0 Å². The molecule has 1 aromatic rings. The summed E-state index contributed by atoms with van der Waals surface area (Å²) >= 11 is 0. The Balaban J connectivity index is 1.64. The zero-order valence-electron chi connectivity index (χ0n) is 11.6. The largest absolute Gasteiger partial charge is 0.350 e. The van der Waals surface area contributed by atoms with Crippen LogP contribution in [0.15, 0.2) is 12.3 Å². The van der Waals surface area contributed by atoms with Crippen LogP contribution in [0.3, 0.4) is 0 Å². The fourth-order valence-corrected chi connectivity index (χ4v) is 3.49. The normalized spacial score (nSPS) is 29.8. The third-order valence-corrected chi connectivity index (χ3v) is 4.69. The maximum atomic E-state index is 11.9. The van der Waals surface area contributed by atoms with E-state index in [-0.39, 0.29) is 5.91 Å². The highest BCUT2D eigenvalue weighted by atomic mass is 16.2. The van der Waals surface area contributed by atoms with Gasteiger partial charge in [0.05, 0.1) is 12.6 Å². The lowest BCUT2D eigenvalue weighted by Gasteiger charge is -2.44. The molecule has 0 bridgehead atoms. The maximum Gasteiger partial charge on any atom is 0.239 e. The Morgan fingerprint density at radius 1 is 1.20 bits per heavy atom. The zero-order valence-corrected chi connectivity index (χ0v) is 11.6. The summed E-state index contributed by atoms with van der Waals surface area (Å²) in [4.78, 5) is 23.2. The Morgan fingerprint density at radius 2 is 2.05 bits per heavy atom. The Bertz CT molecular complexity index is 528. The molecule has 1 saturated heterocycles. The molecule has 1 aromatic heterocycles. The van der Waals surface area contributed by atoms with Gasteiger partial charge >= 0.3 is 0 Å². The molecule has 1 N–H and O–H groups in total. The first-order chi connectivity index (χ1) is 9.81. The molecular weight excluding hydrogens is 252 g/mol. The van der Waals surface area contributed by atoms with E-state index in [9.17, 15) is 4.79 Å². The standard InChI is InChI=1S/C15H20N4O/c20-14-9-19(12-4-2-1-3-11(12)17-14)13-7-8-16-15(18-13)10-5-6-10/h7-8,10-12H,1-6,9H2,(H,17,20)/t11-,12+/m0/s1. The van der Waals surface area contributed by atoms with Gasteiger partial charge in [-0.15, -0.1) is 0 Å². The van der Waals surface area contributed by atoms with Crippen molar-refractivity contribution in [2.24, 2.45) is 0 Å². The van der Waals surface area contributed by atoms with Crippen LogP contribution >= 0.6 is 0 Å². The third-order valence-electron chi connectivity index (χ3n) is 4.69. The van der Waals surface area contributed by atoms with Gasteiger partial charge in [0.15, 0.2) is 0 Å². The Labute approximate surface area is 118 Å². The Hall–Kier alpha value is -1.65. The molecule has 5 nitrogen and oxygen atoms in total. The second kappa shape index (κ2) is 4.72. The van der Waals surface area contributed by atoms with Crippen molar-refractivity contribution < 1.29 is 4.79 Å². The molecule has 2 aliphatic carbocycles. The van der Waals surface area contributed by atoms with Crippen molar-refractivity contribution in [2.75, 3.05) is 11.4 Å². The number of rotatable bonds is 2. The molecule has 5 heteroatoms. The van der Waals surface area contributed by atoms with E-state index in [1.807, 2.05) is 12.3 Å². The monoisotopic (exact) mass is 272 g/mol. The van der Waals surface area contributed by atoms with E-state index in [4.69, 9.17) is 4.98 Å². The lowest BCUT2D eigenvalue weighted by Crippen LogP contribution is -2.62. The molecule has 0 radical (unpaired) electrons. The summed E-state index contributed by atoms with van der Waals surface area (Å²) < 4.78 is 0. The van der Waals surface area contributed by atoms with Gasteiger partial charge in [0.2, 0.25) is 5.91 Å². The van der Waals surface area contributed by atoms with Crippen LogP contribution in [0.5, 0.6) is 0 Å². The molecule has 1 aliphatic heterocycles. The molecule has 0 unspecified atom stereocenters. The molecule has 0 aromatic carbocycles. The first-order valence-electron chi connectivity index (χ1n) is 7.70. The highest BCUT2D eigenvalue weighted by Crippen LogP contribution is 2.38. The lowest BCUT2D eigenvalue weighted by molar-refractivity contribution is -0.122. The first kappa shape index (κ1) is 12.1. The average molecular weight is 272 g/mol. The number of carbonyl (C=O) groups is 1. The summed E-state index contributed by atoms with van der Waals surface area (Å²) in [6.07, 6.45) is 8.95. The summed E-state index contributed by atoms with van der Waals surface area (Å²) in [5, 5.41) is 3.14. The van der Waals surface area contributed by atoms with Gasteiger partial charge < -0.3 is 10.2 Å². The van der Waals surface area contributed by atoms with E-state index < -0.39 is 0 Å². The summed E-state index contributed by atoms with van der Waals surface area (Å²) in [5.74, 6) is 2.57. The van der Waals surface area contributed by atoms with Crippen molar-refractivity contribution in [2.45, 2.75) is 56.5 Å². The molecule has 20 heavy (non-hydrogen) atoms. The van der Waals surface area contributed by atoms with Crippen LogP contribution in [0.1, 0.15) is 50.3 Å². The minimum Gasteiger partial charge on any atom is -0.350 e. The van der Waals surface area contributed by atoms with Crippen molar-refractivity contribution in [3.8, 4) is 0 Å².